The van der Waals surface area contributed by atoms with Gasteiger partial charge in [-0.25, -0.2) is 9.18 Å². The van der Waals surface area contributed by atoms with Crippen LogP contribution in [0.5, 0.6) is 0 Å². The molecule has 0 amide bonds. The predicted molar refractivity (Wildman–Crippen MR) is 78.2 cm³/mol. The van der Waals surface area contributed by atoms with Crippen LogP contribution in [0.15, 0.2) is 34.1 Å². The Hall–Kier alpha value is -1.62. The highest BCUT2D eigenvalue weighted by Gasteiger charge is 2.20. The van der Waals surface area contributed by atoms with Gasteiger partial charge in [-0.05, 0) is 56.2 Å². The summed E-state index contributed by atoms with van der Waals surface area (Å²) in [7, 11) is 0. The Morgan fingerprint density at radius 2 is 1.90 bits per heavy atom. The summed E-state index contributed by atoms with van der Waals surface area (Å²) in [6.07, 6.45) is 5.98. The second-order valence-corrected chi connectivity index (χ2v) is 5.64. The standard InChI is InChI=1S/C15H15FN2OS/c1-20-14-12-4-2-3-5-13(12)18(15(19)17-14)11-8-6-10(16)7-9-11/h6-9H,2-5H2,1H3. The third-order valence-electron chi connectivity index (χ3n) is 3.63. The molecule has 2 aromatic rings. The topological polar surface area (TPSA) is 34.9 Å². The Morgan fingerprint density at radius 3 is 2.60 bits per heavy atom. The monoisotopic (exact) mass is 290 g/mol. The van der Waals surface area contributed by atoms with Gasteiger partial charge in [0.25, 0.3) is 0 Å². The van der Waals surface area contributed by atoms with E-state index in [1.165, 1.54) is 29.5 Å². The van der Waals surface area contributed by atoms with Crippen LogP contribution in [0, 0.1) is 5.82 Å². The second-order valence-electron chi connectivity index (χ2n) is 4.85. The first-order valence-corrected chi connectivity index (χ1v) is 7.88. The summed E-state index contributed by atoms with van der Waals surface area (Å²) >= 11 is 1.52. The number of rotatable bonds is 2. The lowest BCUT2D eigenvalue weighted by Crippen LogP contribution is -2.28. The van der Waals surface area contributed by atoms with Crippen molar-refractivity contribution >= 4 is 11.8 Å². The average Bonchev–Trinajstić information content (AvgIpc) is 2.48. The van der Waals surface area contributed by atoms with Crippen LogP contribution in [0.1, 0.15) is 24.1 Å². The van der Waals surface area contributed by atoms with Gasteiger partial charge in [-0.2, -0.15) is 4.98 Å². The highest BCUT2D eigenvalue weighted by Crippen LogP contribution is 2.28. The van der Waals surface area contributed by atoms with Gasteiger partial charge in [0, 0.05) is 11.3 Å². The zero-order chi connectivity index (χ0) is 14.1. The predicted octanol–water partition coefficient (Wildman–Crippen LogP) is 2.97. The maximum Gasteiger partial charge on any atom is 0.353 e. The molecule has 1 aliphatic rings. The molecular weight excluding hydrogens is 275 g/mol. The fraction of sp³-hybridized carbons (Fsp3) is 0.333. The van der Waals surface area contributed by atoms with Gasteiger partial charge in [-0.1, -0.05) is 0 Å². The van der Waals surface area contributed by atoms with Crippen molar-refractivity contribution in [2.75, 3.05) is 6.26 Å². The highest BCUT2D eigenvalue weighted by molar-refractivity contribution is 7.98. The molecule has 1 heterocycles. The van der Waals surface area contributed by atoms with Crippen molar-refractivity contribution < 1.29 is 4.39 Å². The van der Waals surface area contributed by atoms with Gasteiger partial charge in [0.2, 0.25) is 0 Å². The van der Waals surface area contributed by atoms with Crippen LogP contribution >= 0.6 is 11.8 Å². The third-order valence-corrected chi connectivity index (χ3v) is 4.36. The molecule has 0 saturated heterocycles. The van der Waals surface area contributed by atoms with Crippen LogP contribution in [-0.4, -0.2) is 15.8 Å². The summed E-state index contributed by atoms with van der Waals surface area (Å²) in [5.74, 6) is -0.302. The Bertz CT molecular complexity index is 694. The van der Waals surface area contributed by atoms with Crippen LogP contribution in [0.2, 0.25) is 0 Å². The number of hydrogen-bond acceptors (Lipinski definition) is 3. The van der Waals surface area contributed by atoms with Crippen molar-refractivity contribution in [2.24, 2.45) is 0 Å². The molecule has 0 fully saturated rings. The zero-order valence-electron chi connectivity index (χ0n) is 11.2. The minimum Gasteiger partial charge on any atom is -0.265 e. The largest absolute Gasteiger partial charge is 0.353 e. The van der Waals surface area contributed by atoms with E-state index in [-0.39, 0.29) is 11.5 Å². The van der Waals surface area contributed by atoms with Crippen LogP contribution < -0.4 is 5.69 Å². The smallest absolute Gasteiger partial charge is 0.265 e. The number of aromatic nitrogens is 2. The molecule has 0 bridgehead atoms. The van der Waals surface area contributed by atoms with E-state index in [9.17, 15) is 9.18 Å². The van der Waals surface area contributed by atoms with E-state index < -0.39 is 0 Å². The van der Waals surface area contributed by atoms with Gasteiger partial charge in [0.15, 0.2) is 0 Å². The Morgan fingerprint density at radius 1 is 1.20 bits per heavy atom. The molecule has 5 heteroatoms. The van der Waals surface area contributed by atoms with Crippen molar-refractivity contribution in [1.82, 2.24) is 9.55 Å². The molecule has 3 rings (SSSR count). The lowest BCUT2D eigenvalue weighted by molar-refractivity contribution is 0.611. The van der Waals surface area contributed by atoms with Gasteiger partial charge in [0.05, 0.1) is 5.69 Å². The summed E-state index contributed by atoms with van der Waals surface area (Å²) < 4.78 is 14.7. The van der Waals surface area contributed by atoms with E-state index in [0.717, 1.165) is 36.4 Å². The number of hydrogen-bond donors (Lipinski definition) is 0. The van der Waals surface area contributed by atoms with Crippen LogP contribution in [0.25, 0.3) is 5.69 Å². The molecule has 0 N–H and O–H groups in total. The third kappa shape index (κ3) is 2.26. The van der Waals surface area contributed by atoms with Crippen molar-refractivity contribution in [3.8, 4) is 5.69 Å². The first kappa shape index (κ1) is 13.4. The van der Waals surface area contributed by atoms with Gasteiger partial charge >= 0.3 is 5.69 Å². The molecule has 1 aromatic carbocycles. The summed E-state index contributed by atoms with van der Waals surface area (Å²) in [5.41, 5.74) is 2.62. The summed E-state index contributed by atoms with van der Waals surface area (Å²) in [5, 5.41) is 0.836. The fourth-order valence-corrected chi connectivity index (χ4v) is 3.35. The molecule has 104 valence electrons. The quantitative estimate of drug-likeness (QED) is 0.630. The Balaban J connectivity index is 2.25. The van der Waals surface area contributed by atoms with Crippen molar-refractivity contribution in [3.63, 3.8) is 0 Å². The molecular formula is C15H15FN2OS. The van der Waals surface area contributed by atoms with Crippen molar-refractivity contribution in [3.05, 3.63) is 51.8 Å². The SMILES string of the molecule is CSc1nc(=O)n(-c2ccc(F)cc2)c2c1CCCC2. The van der Waals surface area contributed by atoms with E-state index >= 15 is 0 Å². The van der Waals surface area contributed by atoms with Crippen LogP contribution in [0.3, 0.4) is 0 Å². The number of thioether (sulfide) groups is 1. The van der Waals surface area contributed by atoms with Gasteiger partial charge < -0.3 is 0 Å². The molecule has 3 nitrogen and oxygen atoms in total. The Labute approximate surface area is 120 Å². The second kappa shape index (κ2) is 5.40. The van der Waals surface area contributed by atoms with Crippen LogP contribution in [-0.2, 0) is 12.8 Å². The lowest BCUT2D eigenvalue weighted by atomic mass is 9.97. The maximum absolute atomic E-state index is 13.1. The van der Waals surface area contributed by atoms with E-state index in [1.54, 1.807) is 16.7 Å². The molecule has 1 aliphatic carbocycles. The average molecular weight is 290 g/mol. The highest BCUT2D eigenvalue weighted by atomic mass is 32.2. The van der Waals surface area contributed by atoms with Crippen molar-refractivity contribution in [2.45, 2.75) is 30.7 Å². The minimum absolute atomic E-state index is 0.276. The molecule has 0 unspecified atom stereocenters. The normalized spacial score (nSPS) is 14.1. The number of benzene rings is 1. The molecule has 20 heavy (non-hydrogen) atoms. The van der Waals surface area contributed by atoms with Gasteiger partial charge in [-0.3, -0.25) is 4.57 Å². The lowest BCUT2D eigenvalue weighted by Gasteiger charge is -2.22. The number of fused-ring (bicyclic) bond motifs is 1. The summed E-state index contributed by atoms with van der Waals surface area (Å²) in [6, 6.07) is 6.01. The number of nitrogens with zero attached hydrogens (tertiary/aromatic N) is 2. The van der Waals surface area contributed by atoms with E-state index in [2.05, 4.69) is 4.98 Å². The molecule has 0 spiro atoms. The molecule has 0 aliphatic heterocycles. The Kier molecular flexibility index (Phi) is 3.61. The molecule has 0 atom stereocenters. The van der Waals surface area contributed by atoms with Crippen LogP contribution in [0.4, 0.5) is 4.39 Å². The minimum atomic E-state index is -0.302. The fourth-order valence-electron chi connectivity index (χ4n) is 2.71. The summed E-state index contributed by atoms with van der Waals surface area (Å²) in [4.78, 5) is 16.5. The molecule has 1 aromatic heterocycles. The summed E-state index contributed by atoms with van der Waals surface area (Å²) in [6.45, 7) is 0. The number of halogens is 1. The van der Waals surface area contributed by atoms with E-state index in [0.29, 0.717) is 5.69 Å². The van der Waals surface area contributed by atoms with E-state index in [4.69, 9.17) is 0 Å². The maximum atomic E-state index is 13.1. The van der Waals surface area contributed by atoms with Gasteiger partial charge in [-0.15, -0.1) is 11.8 Å². The first-order valence-electron chi connectivity index (χ1n) is 6.65. The zero-order valence-corrected chi connectivity index (χ0v) is 12.0. The first-order chi connectivity index (χ1) is 9.70. The van der Waals surface area contributed by atoms with Gasteiger partial charge in [0.1, 0.15) is 10.8 Å². The molecule has 0 saturated carbocycles. The van der Waals surface area contributed by atoms with Crippen molar-refractivity contribution in [1.29, 1.82) is 0 Å². The van der Waals surface area contributed by atoms with E-state index in [1.807, 2.05) is 6.26 Å². The molecule has 0 radical (unpaired) electrons.